The van der Waals surface area contributed by atoms with E-state index in [0.717, 1.165) is 11.3 Å². The van der Waals surface area contributed by atoms with Crippen molar-refractivity contribution in [2.75, 3.05) is 0 Å². The molecule has 0 atom stereocenters. The lowest BCUT2D eigenvalue weighted by Crippen LogP contribution is -1.97. The minimum atomic E-state index is 0.212. The lowest BCUT2D eigenvalue weighted by Gasteiger charge is -1.94. The molecule has 0 spiro atoms. The van der Waals surface area contributed by atoms with E-state index in [-0.39, 0.29) is 5.82 Å². The van der Waals surface area contributed by atoms with Crippen molar-refractivity contribution in [2.45, 2.75) is 6.42 Å². The fourth-order valence-corrected chi connectivity index (χ4v) is 1.35. The summed E-state index contributed by atoms with van der Waals surface area (Å²) in [6, 6.07) is 3.69. The van der Waals surface area contributed by atoms with Gasteiger partial charge < -0.3 is 4.85 Å². The Morgan fingerprint density at radius 2 is 2.13 bits per heavy atom. The molecule has 0 radical (unpaired) electrons. The van der Waals surface area contributed by atoms with E-state index in [0.29, 0.717) is 12.1 Å². The smallest absolute Gasteiger partial charge is 0.270 e. The highest BCUT2D eigenvalue weighted by atomic mass is 15.0. The Morgan fingerprint density at radius 3 is 2.67 bits per heavy atom. The van der Waals surface area contributed by atoms with Crippen molar-refractivity contribution in [3.05, 3.63) is 64.4 Å². The standard InChI is InChI=1S/C11H6N4/c1-12-10-6-9(15-11(10)13-2)8-4-3-5-14-7-8/h3-5,7H,6H2. The molecule has 0 bridgehead atoms. The first kappa shape index (κ1) is 9.11. The summed E-state index contributed by atoms with van der Waals surface area (Å²) in [4.78, 5) is 14.6. The van der Waals surface area contributed by atoms with Gasteiger partial charge in [0.15, 0.2) is 5.70 Å². The first-order valence-corrected chi connectivity index (χ1v) is 4.31. The Hall–Kier alpha value is -2.46. The minimum Gasteiger partial charge on any atom is -0.372 e. The first-order chi connectivity index (χ1) is 7.35. The molecule has 70 valence electrons. The van der Waals surface area contributed by atoms with Crippen molar-refractivity contribution in [1.29, 1.82) is 0 Å². The fraction of sp³-hybridized carbons (Fsp3) is 0.0909. The van der Waals surface area contributed by atoms with Crippen LogP contribution in [0.1, 0.15) is 12.0 Å². The topological polar surface area (TPSA) is 34.0 Å². The number of rotatable bonds is 1. The highest BCUT2D eigenvalue weighted by molar-refractivity contribution is 6.04. The summed E-state index contributed by atoms with van der Waals surface area (Å²) in [7, 11) is 0. The lowest BCUT2D eigenvalue weighted by atomic mass is 10.1. The normalized spacial score (nSPS) is 14.4. The molecular formula is C11H6N4. The molecule has 15 heavy (non-hydrogen) atoms. The maximum Gasteiger partial charge on any atom is 0.270 e. The lowest BCUT2D eigenvalue weighted by molar-refractivity contribution is 1.30. The van der Waals surface area contributed by atoms with Gasteiger partial charge in [0.25, 0.3) is 5.82 Å². The zero-order valence-corrected chi connectivity index (χ0v) is 7.81. The molecule has 0 amide bonds. The maximum atomic E-state index is 6.92. The number of nitrogens with zero attached hydrogens (tertiary/aromatic N) is 4. The van der Waals surface area contributed by atoms with Crippen LogP contribution in [0.4, 0.5) is 0 Å². The van der Waals surface area contributed by atoms with E-state index in [1.165, 1.54) is 0 Å². The van der Waals surface area contributed by atoms with Crippen LogP contribution in [-0.2, 0) is 0 Å². The summed E-state index contributed by atoms with van der Waals surface area (Å²) in [6.07, 6.45) is 3.80. The molecular weight excluding hydrogens is 188 g/mol. The van der Waals surface area contributed by atoms with Gasteiger partial charge in [0.05, 0.1) is 6.57 Å². The van der Waals surface area contributed by atoms with Crippen LogP contribution in [0.5, 0.6) is 0 Å². The van der Waals surface area contributed by atoms with E-state index in [4.69, 9.17) is 13.1 Å². The van der Waals surface area contributed by atoms with Crippen molar-refractivity contribution < 1.29 is 0 Å². The molecule has 0 aliphatic carbocycles. The largest absolute Gasteiger partial charge is 0.372 e. The highest BCUT2D eigenvalue weighted by Gasteiger charge is 2.22. The van der Waals surface area contributed by atoms with Crippen molar-refractivity contribution >= 4 is 5.71 Å². The SMILES string of the molecule is [C-]#[N+]C1=C([N+]#[C-])N=C(c2cccnc2)C1. The van der Waals surface area contributed by atoms with Crippen LogP contribution in [0.25, 0.3) is 9.69 Å². The second kappa shape index (κ2) is 3.73. The Bertz CT molecular complexity index is 526. The zero-order chi connectivity index (χ0) is 10.7. The van der Waals surface area contributed by atoms with Gasteiger partial charge in [-0.05, 0) is 12.1 Å². The minimum absolute atomic E-state index is 0.212. The predicted molar refractivity (Wildman–Crippen MR) is 55.6 cm³/mol. The first-order valence-electron chi connectivity index (χ1n) is 4.31. The summed E-state index contributed by atoms with van der Waals surface area (Å²) in [5.41, 5.74) is 2.04. The second-order valence-corrected chi connectivity index (χ2v) is 2.97. The second-order valence-electron chi connectivity index (χ2n) is 2.97. The summed E-state index contributed by atoms with van der Waals surface area (Å²) in [6.45, 7) is 13.8. The van der Waals surface area contributed by atoms with Gasteiger partial charge in [-0.1, -0.05) is 6.57 Å². The highest BCUT2D eigenvalue weighted by Crippen LogP contribution is 2.24. The van der Waals surface area contributed by atoms with Crippen LogP contribution in [0, 0.1) is 13.1 Å². The number of hydrogen-bond acceptors (Lipinski definition) is 2. The van der Waals surface area contributed by atoms with Crippen molar-refractivity contribution in [1.82, 2.24) is 4.98 Å². The zero-order valence-electron chi connectivity index (χ0n) is 7.81. The molecule has 0 aromatic carbocycles. The van der Waals surface area contributed by atoms with Crippen LogP contribution in [0.3, 0.4) is 0 Å². The van der Waals surface area contributed by atoms with Gasteiger partial charge in [0.2, 0.25) is 0 Å². The molecule has 4 nitrogen and oxygen atoms in total. The van der Waals surface area contributed by atoms with E-state index in [9.17, 15) is 0 Å². The third-order valence-electron chi connectivity index (χ3n) is 2.07. The summed E-state index contributed by atoms with van der Waals surface area (Å²) < 4.78 is 0. The van der Waals surface area contributed by atoms with Gasteiger partial charge in [-0.2, -0.15) is 0 Å². The van der Waals surface area contributed by atoms with E-state index in [1.54, 1.807) is 12.4 Å². The van der Waals surface area contributed by atoms with Crippen molar-refractivity contribution in [2.24, 2.45) is 4.99 Å². The van der Waals surface area contributed by atoms with Crippen LogP contribution in [0.15, 0.2) is 41.0 Å². The molecule has 0 fully saturated rings. The van der Waals surface area contributed by atoms with Gasteiger partial charge in [-0.25, -0.2) is 0 Å². The van der Waals surface area contributed by atoms with Crippen molar-refractivity contribution in [3.63, 3.8) is 0 Å². The molecule has 1 aliphatic rings. The Labute approximate surface area is 87.2 Å². The maximum absolute atomic E-state index is 6.92. The Morgan fingerprint density at radius 1 is 1.27 bits per heavy atom. The van der Waals surface area contributed by atoms with Gasteiger partial charge in [0, 0.05) is 24.4 Å². The van der Waals surface area contributed by atoms with Crippen LogP contribution < -0.4 is 0 Å². The molecule has 0 unspecified atom stereocenters. The molecule has 1 aliphatic heterocycles. The molecule has 2 rings (SSSR count). The van der Waals surface area contributed by atoms with Gasteiger partial charge in [0.1, 0.15) is 5.71 Å². The monoisotopic (exact) mass is 194 g/mol. The Kier molecular flexibility index (Phi) is 2.26. The van der Waals surface area contributed by atoms with E-state index >= 15 is 0 Å². The van der Waals surface area contributed by atoms with Crippen molar-refractivity contribution in [3.8, 4) is 0 Å². The van der Waals surface area contributed by atoms with Crippen LogP contribution in [-0.4, -0.2) is 10.7 Å². The average molecular weight is 194 g/mol. The van der Waals surface area contributed by atoms with Crippen LogP contribution in [0.2, 0.25) is 0 Å². The number of aliphatic imine (C=N–C) groups is 1. The number of allylic oxidation sites excluding steroid dienone is 1. The molecule has 0 saturated carbocycles. The molecule has 0 saturated heterocycles. The third-order valence-corrected chi connectivity index (χ3v) is 2.07. The van der Waals surface area contributed by atoms with E-state index < -0.39 is 0 Å². The number of hydrogen-bond donors (Lipinski definition) is 0. The van der Waals surface area contributed by atoms with E-state index in [1.807, 2.05) is 12.1 Å². The number of pyridine rings is 1. The van der Waals surface area contributed by atoms with Gasteiger partial charge in [-0.3, -0.25) is 9.83 Å². The molecule has 1 aromatic rings. The molecule has 2 heterocycles. The van der Waals surface area contributed by atoms with Crippen LogP contribution >= 0.6 is 0 Å². The third kappa shape index (κ3) is 1.61. The average Bonchev–Trinajstić information content (AvgIpc) is 2.73. The quantitative estimate of drug-likeness (QED) is 0.631. The van der Waals surface area contributed by atoms with Gasteiger partial charge in [-0.15, -0.1) is 4.99 Å². The summed E-state index contributed by atoms with van der Waals surface area (Å²) >= 11 is 0. The fourth-order valence-electron chi connectivity index (χ4n) is 1.35. The van der Waals surface area contributed by atoms with E-state index in [2.05, 4.69) is 19.7 Å². The number of aromatic nitrogens is 1. The molecule has 1 aromatic heterocycles. The van der Waals surface area contributed by atoms with Gasteiger partial charge >= 0.3 is 0 Å². The Balaban J connectivity index is 2.35. The molecule has 4 heteroatoms. The summed E-state index contributed by atoms with van der Waals surface area (Å²) in [5, 5.41) is 0. The summed E-state index contributed by atoms with van der Waals surface area (Å²) in [5.74, 6) is 0.212. The predicted octanol–water partition coefficient (Wildman–Crippen LogP) is 2.28. The molecule has 0 N–H and O–H groups in total.